The average molecular weight is 1010 g/mol. The van der Waals surface area contributed by atoms with Crippen LogP contribution in [0.25, 0.3) is 94.7 Å². The predicted octanol–water partition coefficient (Wildman–Crippen LogP) is 15.9. The van der Waals surface area contributed by atoms with Crippen LogP contribution in [0.1, 0.15) is 61.8 Å². The summed E-state index contributed by atoms with van der Waals surface area (Å²) < 4.78 is 16.0. The number of furan rings is 2. The van der Waals surface area contributed by atoms with Crippen molar-refractivity contribution in [1.29, 1.82) is 0 Å². The number of imidazole rings is 1. The summed E-state index contributed by atoms with van der Waals surface area (Å²) in [5.74, 6) is 2.15. The molecule has 0 unspecified atom stereocenters. The SMILES string of the molecule is Cc1ccc2c(c1)oc1c(-c3nc4ccccc4n3-c3c(C(C)C)cc(-c4ccccc4)cc3C(C)C)[c-]c3c(C)c(-c4ccccc4)oc3c12.[Ir].[c-]1ccccc1-c1ccccn1. The third-order valence-electron chi connectivity index (χ3n) is 11.9. The number of hydrogen-bond donors (Lipinski definition) is 0. The van der Waals surface area contributed by atoms with Crippen LogP contribution < -0.4 is 0 Å². The minimum atomic E-state index is 0. The Morgan fingerprint density at radius 1 is 0.625 bits per heavy atom. The van der Waals surface area contributed by atoms with Crippen LogP contribution >= 0.6 is 0 Å². The standard InChI is InChI=1S/C47H39N2O2.C11H8N.Ir/c1-27(2)35-24-33(31-15-9-7-10-16-31)25-36(28(3)4)43(35)49-40-20-14-13-19-39(40)48-47(49)38-26-37-30(6)44(32-17-11-8-12-18-32)51-45(37)42-34-22-21-29(5)23-41(34)50-46(38)42;1-2-6-10(7-3-1)11-8-4-5-9-12-11;/h7-25,27-28H,1-6H3;1-6,8-9H;/q2*-1;. The van der Waals surface area contributed by atoms with E-state index in [4.69, 9.17) is 13.8 Å². The van der Waals surface area contributed by atoms with Crippen LogP contribution in [0, 0.1) is 26.0 Å². The van der Waals surface area contributed by atoms with Crippen molar-refractivity contribution in [3.63, 3.8) is 0 Å². The molecule has 6 heteroatoms. The topological polar surface area (TPSA) is 57.0 Å². The first kappa shape index (κ1) is 42.5. The fourth-order valence-electron chi connectivity index (χ4n) is 8.76. The maximum Gasteiger partial charge on any atom is 0.123 e. The van der Waals surface area contributed by atoms with Crippen LogP contribution in [0.4, 0.5) is 0 Å². The van der Waals surface area contributed by atoms with Gasteiger partial charge in [-0.25, -0.2) is 0 Å². The molecule has 64 heavy (non-hydrogen) atoms. The van der Waals surface area contributed by atoms with E-state index in [1.165, 1.54) is 27.9 Å². The predicted molar refractivity (Wildman–Crippen MR) is 259 cm³/mol. The van der Waals surface area contributed by atoms with Crippen LogP contribution in [-0.2, 0) is 20.1 Å². The van der Waals surface area contributed by atoms with Crippen molar-refractivity contribution in [2.45, 2.75) is 53.4 Å². The molecule has 0 aliphatic rings. The second-order valence-electron chi connectivity index (χ2n) is 16.9. The first-order valence-corrected chi connectivity index (χ1v) is 21.7. The second kappa shape index (κ2) is 17.7. The minimum Gasteiger partial charge on any atom is -0.499 e. The summed E-state index contributed by atoms with van der Waals surface area (Å²) >= 11 is 0. The Morgan fingerprint density at radius 3 is 1.97 bits per heavy atom. The van der Waals surface area contributed by atoms with E-state index in [0.717, 1.165) is 89.0 Å². The van der Waals surface area contributed by atoms with E-state index in [-0.39, 0.29) is 31.9 Å². The smallest absolute Gasteiger partial charge is 0.123 e. The number of rotatable bonds is 7. The number of pyridine rings is 1. The van der Waals surface area contributed by atoms with Gasteiger partial charge in [0.05, 0.1) is 33.8 Å². The normalized spacial score (nSPS) is 11.4. The van der Waals surface area contributed by atoms with Gasteiger partial charge in [-0.2, -0.15) is 0 Å². The zero-order valence-corrected chi connectivity index (χ0v) is 39.1. The van der Waals surface area contributed by atoms with E-state index < -0.39 is 0 Å². The number of benzene rings is 7. The molecule has 7 aromatic carbocycles. The van der Waals surface area contributed by atoms with E-state index in [1.807, 2.05) is 60.7 Å². The molecule has 0 amide bonds. The Kier molecular flexibility index (Phi) is 11.8. The van der Waals surface area contributed by atoms with Gasteiger partial charge in [0.15, 0.2) is 0 Å². The van der Waals surface area contributed by atoms with E-state index in [2.05, 4.69) is 160 Å². The molecule has 317 valence electrons. The van der Waals surface area contributed by atoms with Gasteiger partial charge in [0.1, 0.15) is 5.58 Å². The molecule has 0 aliphatic carbocycles. The quantitative estimate of drug-likeness (QED) is 0.149. The Hall–Kier alpha value is -6.85. The molecule has 0 atom stereocenters. The molecule has 0 spiro atoms. The van der Waals surface area contributed by atoms with Gasteiger partial charge in [0, 0.05) is 48.3 Å². The van der Waals surface area contributed by atoms with Crippen LogP contribution in [0.2, 0.25) is 0 Å². The van der Waals surface area contributed by atoms with E-state index in [0.29, 0.717) is 0 Å². The molecular formula is C58H47IrN3O2-2. The maximum absolute atomic E-state index is 6.86. The van der Waals surface area contributed by atoms with Gasteiger partial charge in [0.2, 0.25) is 0 Å². The number of nitrogens with zero attached hydrogens (tertiary/aromatic N) is 3. The molecule has 4 heterocycles. The molecule has 5 nitrogen and oxygen atoms in total. The molecule has 0 N–H and O–H groups in total. The third-order valence-corrected chi connectivity index (χ3v) is 11.9. The van der Waals surface area contributed by atoms with E-state index >= 15 is 0 Å². The maximum atomic E-state index is 6.86. The Balaban J connectivity index is 0.000000345. The summed E-state index contributed by atoms with van der Waals surface area (Å²) in [5.41, 5.74) is 16.5. The number of hydrogen-bond acceptors (Lipinski definition) is 4. The zero-order chi connectivity index (χ0) is 43.2. The van der Waals surface area contributed by atoms with Crippen molar-refractivity contribution < 1.29 is 28.9 Å². The van der Waals surface area contributed by atoms with Crippen LogP contribution in [0.3, 0.4) is 0 Å². The summed E-state index contributed by atoms with van der Waals surface area (Å²) in [6, 6.07) is 61.3. The van der Waals surface area contributed by atoms with Crippen molar-refractivity contribution in [1.82, 2.24) is 14.5 Å². The first-order valence-electron chi connectivity index (χ1n) is 21.7. The van der Waals surface area contributed by atoms with E-state index in [9.17, 15) is 0 Å². The number of para-hydroxylation sites is 2. The Labute approximate surface area is 387 Å². The van der Waals surface area contributed by atoms with Crippen molar-refractivity contribution >= 4 is 43.9 Å². The van der Waals surface area contributed by atoms with Gasteiger partial charge in [-0.3, -0.25) is 4.98 Å². The monoisotopic (exact) mass is 1010 g/mol. The molecule has 0 fully saturated rings. The van der Waals surface area contributed by atoms with Gasteiger partial charge in [-0.15, -0.1) is 42.0 Å². The number of fused-ring (bicyclic) bond motifs is 6. The summed E-state index contributed by atoms with van der Waals surface area (Å²) in [4.78, 5) is 9.64. The second-order valence-corrected chi connectivity index (χ2v) is 16.9. The summed E-state index contributed by atoms with van der Waals surface area (Å²) in [6.07, 6.45) is 1.79. The molecule has 11 aromatic rings. The van der Waals surface area contributed by atoms with E-state index in [1.54, 1.807) is 6.20 Å². The average Bonchev–Trinajstić information content (AvgIpc) is 4.00. The summed E-state index contributed by atoms with van der Waals surface area (Å²) in [5, 5.41) is 2.90. The van der Waals surface area contributed by atoms with Crippen molar-refractivity contribution in [2.75, 3.05) is 0 Å². The molecule has 1 radical (unpaired) electrons. The van der Waals surface area contributed by atoms with Gasteiger partial charge in [0.25, 0.3) is 0 Å². The van der Waals surface area contributed by atoms with Crippen molar-refractivity contribution in [2.24, 2.45) is 0 Å². The Morgan fingerprint density at radius 2 is 1.30 bits per heavy atom. The van der Waals surface area contributed by atoms with Crippen LogP contribution in [0.5, 0.6) is 0 Å². The zero-order valence-electron chi connectivity index (χ0n) is 36.7. The number of aromatic nitrogens is 3. The molecule has 4 aromatic heterocycles. The third kappa shape index (κ3) is 7.68. The van der Waals surface area contributed by atoms with Crippen molar-refractivity contribution in [3.8, 4) is 50.8 Å². The molecular weight excluding hydrogens is 963 g/mol. The molecule has 0 saturated carbocycles. The van der Waals surface area contributed by atoms with Crippen LogP contribution in [-0.4, -0.2) is 14.5 Å². The fourth-order valence-corrected chi connectivity index (χ4v) is 8.76. The summed E-state index contributed by atoms with van der Waals surface area (Å²) in [6.45, 7) is 13.4. The molecule has 11 rings (SSSR count). The molecule has 0 bridgehead atoms. The fraction of sp³-hybridized carbons (Fsp3) is 0.138. The Bertz CT molecular complexity index is 3340. The minimum absolute atomic E-state index is 0. The van der Waals surface area contributed by atoms with Crippen molar-refractivity contribution in [3.05, 3.63) is 198 Å². The van der Waals surface area contributed by atoms with Gasteiger partial charge < -0.3 is 18.4 Å². The first-order chi connectivity index (χ1) is 30.7. The summed E-state index contributed by atoms with van der Waals surface area (Å²) in [7, 11) is 0. The van der Waals surface area contributed by atoms with Gasteiger partial charge in [-0.1, -0.05) is 143 Å². The van der Waals surface area contributed by atoms with Gasteiger partial charge >= 0.3 is 0 Å². The molecule has 0 aliphatic heterocycles. The number of aryl methyl sites for hydroxylation is 2. The van der Waals surface area contributed by atoms with Crippen LogP contribution in [0.15, 0.2) is 173 Å². The largest absolute Gasteiger partial charge is 0.499 e. The molecule has 0 saturated heterocycles. The van der Waals surface area contributed by atoms with Gasteiger partial charge in [-0.05, 0) is 94.2 Å².